The Balaban J connectivity index is 2.25. The molecule has 4 nitrogen and oxygen atoms in total. The van der Waals surface area contributed by atoms with E-state index in [1.54, 1.807) is 7.11 Å². The van der Waals surface area contributed by atoms with E-state index in [1.807, 2.05) is 0 Å². The lowest BCUT2D eigenvalue weighted by Crippen LogP contribution is -2.36. The first kappa shape index (κ1) is 15.4. The summed E-state index contributed by atoms with van der Waals surface area (Å²) in [7, 11) is 1.68. The summed E-state index contributed by atoms with van der Waals surface area (Å²) < 4.78 is 5.06. The zero-order valence-corrected chi connectivity index (χ0v) is 11.5. The van der Waals surface area contributed by atoms with Crippen LogP contribution < -0.4 is 0 Å². The summed E-state index contributed by atoms with van der Waals surface area (Å²) >= 11 is 0. The molecule has 0 bridgehead atoms. The monoisotopic (exact) mass is 254 g/mol. The highest BCUT2D eigenvalue weighted by Gasteiger charge is 2.20. The Hall–Kier alpha value is -0.630. The van der Waals surface area contributed by atoms with Gasteiger partial charge in [-0.1, -0.05) is 25.7 Å². The molecule has 0 aliphatic heterocycles. The van der Waals surface area contributed by atoms with Crippen LogP contribution in [-0.4, -0.2) is 49.5 Å². The number of rotatable bonds is 9. The quantitative estimate of drug-likeness (QED) is 0.681. The molecular weight excluding hydrogens is 228 g/mol. The van der Waals surface area contributed by atoms with Gasteiger partial charge in [0.15, 0.2) is 0 Å². The number of nitrogens with zero attached hydrogens (tertiary/aromatic N) is 2. The van der Waals surface area contributed by atoms with Gasteiger partial charge < -0.3 is 9.84 Å². The fourth-order valence-corrected chi connectivity index (χ4v) is 2.73. The fourth-order valence-electron chi connectivity index (χ4n) is 2.73. The van der Waals surface area contributed by atoms with Crippen molar-refractivity contribution in [3.8, 4) is 6.07 Å². The van der Waals surface area contributed by atoms with Gasteiger partial charge in [0.05, 0.1) is 18.8 Å². The number of aliphatic hydroxyl groups is 1. The van der Waals surface area contributed by atoms with Crippen LogP contribution in [0.4, 0.5) is 0 Å². The highest BCUT2D eigenvalue weighted by atomic mass is 16.5. The Morgan fingerprint density at radius 2 is 2.11 bits per heavy atom. The van der Waals surface area contributed by atoms with E-state index in [-0.39, 0.29) is 6.10 Å². The maximum Gasteiger partial charge on any atom is 0.0669 e. The molecule has 0 saturated heterocycles. The summed E-state index contributed by atoms with van der Waals surface area (Å²) in [5.41, 5.74) is 0. The second kappa shape index (κ2) is 9.32. The summed E-state index contributed by atoms with van der Waals surface area (Å²) in [6.07, 6.45) is 6.35. The molecular formula is C14H26N2O2. The summed E-state index contributed by atoms with van der Waals surface area (Å²) in [4.78, 5) is 2.13. The summed E-state index contributed by atoms with van der Waals surface area (Å²) in [5, 5.41) is 18.7. The van der Waals surface area contributed by atoms with E-state index >= 15 is 0 Å². The second-order valence-electron chi connectivity index (χ2n) is 5.24. The number of aliphatic hydroxyl groups excluding tert-OH is 1. The van der Waals surface area contributed by atoms with Crippen molar-refractivity contribution in [3.05, 3.63) is 0 Å². The predicted octanol–water partition coefficient (Wildman–Crippen LogP) is 1.79. The number of nitriles is 1. The first-order valence-corrected chi connectivity index (χ1v) is 7.02. The number of methoxy groups -OCH3 is 1. The lowest BCUT2D eigenvalue weighted by molar-refractivity contribution is 0.0754. The van der Waals surface area contributed by atoms with Gasteiger partial charge in [0.25, 0.3) is 0 Å². The highest BCUT2D eigenvalue weighted by molar-refractivity contribution is 4.76. The first-order valence-electron chi connectivity index (χ1n) is 7.02. The third kappa shape index (κ3) is 6.34. The van der Waals surface area contributed by atoms with Crippen LogP contribution in [0.15, 0.2) is 0 Å². The van der Waals surface area contributed by atoms with E-state index < -0.39 is 0 Å². The largest absolute Gasteiger partial charge is 0.392 e. The van der Waals surface area contributed by atoms with Crippen molar-refractivity contribution in [1.29, 1.82) is 5.26 Å². The average molecular weight is 254 g/mol. The number of hydrogen-bond donors (Lipinski definition) is 1. The molecule has 0 aromatic rings. The van der Waals surface area contributed by atoms with E-state index in [9.17, 15) is 5.11 Å². The molecule has 18 heavy (non-hydrogen) atoms. The van der Waals surface area contributed by atoms with Gasteiger partial charge in [-0.05, 0) is 12.3 Å². The Morgan fingerprint density at radius 3 is 2.72 bits per heavy atom. The highest BCUT2D eigenvalue weighted by Crippen LogP contribution is 2.28. The van der Waals surface area contributed by atoms with Gasteiger partial charge in [-0.3, -0.25) is 4.90 Å². The molecule has 1 aliphatic rings. The maximum atomic E-state index is 10.1. The SMILES string of the molecule is COCCN(CCC#N)CC(O)CC1CCCC1. The first-order chi connectivity index (χ1) is 8.76. The molecule has 1 saturated carbocycles. The molecule has 1 aliphatic carbocycles. The van der Waals surface area contributed by atoms with Crippen LogP contribution in [0, 0.1) is 17.2 Å². The Bertz CT molecular complexity index is 247. The van der Waals surface area contributed by atoms with Crippen molar-refractivity contribution in [1.82, 2.24) is 4.90 Å². The standard InChI is InChI=1S/C14H26N2O2/c1-18-10-9-16(8-4-7-15)12-14(17)11-13-5-2-3-6-13/h13-14,17H,2-6,8-12H2,1H3. The van der Waals surface area contributed by atoms with Crippen molar-refractivity contribution < 1.29 is 9.84 Å². The van der Waals surface area contributed by atoms with Gasteiger partial charge in [0.1, 0.15) is 0 Å². The molecule has 1 N–H and O–H groups in total. The third-order valence-corrected chi connectivity index (χ3v) is 3.70. The van der Waals surface area contributed by atoms with Crippen LogP contribution in [0.3, 0.4) is 0 Å². The van der Waals surface area contributed by atoms with Crippen LogP contribution in [0.1, 0.15) is 38.5 Å². The van der Waals surface area contributed by atoms with Crippen LogP contribution in [-0.2, 0) is 4.74 Å². The molecule has 1 rings (SSSR count). The fraction of sp³-hybridized carbons (Fsp3) is 0.929. The smallest absolute Gasteiger partial charge is 0.0669 e. The molecule has 0 aromatic carbocycles. The van der Waals surface area contributed by atoms with Gasteiger partial charge in [0.2, 0.25) is 0 Å². The van der Waals surface area contributed by atoms with Crippen LogP contribution >= 0.6 is 0 Å². The summed E-state index contributed by atoms with van der Waals surface area (Å²) in [6, 6.07) is 2.16. The lowest BCUT2D eigenvalue weighted by atomic mass is 10.00. The molecule has 0 radical (unpaired) electrons. The van der Waals surface area contributed by atoms with E-state index in [4.69, 9.17) is 10.00 Å². The van der Waals surface area contributed by atoms with Crippen LogP contribution in [0.2, 0.25) is 0 Å². The normalized spacial score (nSPS) is 18.1. The topological polar surface area (TPSA) is 56.5 Å². The molecule has 1 unspecified atom stereocenters. The number of hydrogen-bond acceptors (Lipinski definition) is 4. The van der Waals surface area contributed by atoms with Crippen molar-refractivity contribution in [2.75, 3.05) is 33.4 Å². The average Bonchev–Trinajstić information content (AvgIpc) is 2.85. The van der Waals surface area contributed by atoms with E-state index in [1.165, 1.54) is 25.7 Å². The Kier molecular flexibility index (Phi) is 7.99. The van der Waals surface area contributed by atoms with Crippen molar-refractivity contribution >= 4 is 0 Å². The second-order valence-corrected chi connectivity index (χ2v) is 5.24. The Labute approximate surface area is 111 Å². The zero-order chi connectivity index (χ0) is 13.2. The van der Waals surface area contributed by atoms with Gasteiger partial charge in [-0.25, -0.2) is 0 Å². The van der Waals surface area contributed by atoms with Crippen molar-refractivity contribution in [2.24, 2.45) is 5.92 Å². The molecule has 104 valence electrons. The molecule has 0 amide bonds. The van der Waals surface area contributed by atoms with Gasteiger partial charge >= 0.3 is 0 Å². The molecule has 0 aromatic heterocycles. The van der Waals surface area contributed by atoms with Gasteiger partial charge in [-0.15, -0.1) is 0 Å². The van der Waals surface area contributed by atoms with Gasteiger partial charge in [-0.2, -0.15) is 5.26 Å². The van der Waals surface area contributed by atoms with Crippen LogP contribution in [0.5, 0.6) is 0 Å². The van der Waals surface area contributed by atoms with E-state index in [0.29, 0.717) is 25.5 Å². The molecule has 1 atom stereocenters. The predicted molar refractivity (Wildman–Crippen MR) is 71.1 cm³/mol. The molecule has 1 fully saturated rings. The molecule has 4 heteroatoms. The summed E-state index contributed by atoms with van der Waals surface area (Å²) in [5.74, 6) is 0.709. The van der Waals surface area contributed by atoms with Crippen molar-refractivity contribution in [3.63, 3.8) is 0 Å². The molecule has 0 spiro atoms. The third-order valence-electron chi connectivity index (χ3n) is 3.70. The Morgan fingerprint density at radius 1 is 1.39 bits per heavy atom. The van der Waals surface area contributed by atoms with E-state index in [0.717, 1.165) is 19.5 Å². The zero-order valence-electron chi connectivity index (χ0n) is 11.5. The van der Waals surface area contributed by atoms with Crippen LogP contribution in [0.25, 0.3) is 0 Å². The van der Waals surface area contributed by atoms with Gasteiger partial charge in [0, 0.05) is 33.2 Å². The minimum absolute atomic E-state index is 0.261. The van der Waals surface area contributed by atoms with Crippen molar-refractivity contribution in [2.45, 2.75) is 44.6 Å². The molecule has 0 heterocycles. The van der Waals surface area contributed by atoms with E-state index in [2.05, 4.69) is 11.0 Å². The number of ether oxygens (including phenoxy) is 1. The maximum absolute atomic E-state index is 10.1. The minimum Gasteiger partial charge on any atom is -0.392 e. The minimum atomic E-state index is -0.261. The summed E-state index contributed by atoms with van der Waals surface area (Å²) in [6.45, 7) is 2.84. The lowest BCUT2D eigenvalue weighted by Gasteiger charge is -2.25.